The van der Waals surface area contributed by atoms with E-state index in [0.717, 1.165) is 57.7 Å². The lowest BCUT2D eigenvalue weighted by molar-refractivity contribution is -0.107. The average molecular weight is 419 g/mol. The van der Waals surface area contributed by atoms with Gasteiger partial charge in [0.15, 0.2) is 0 Å². The lowest BCUT2D eigenvalue weighted by Crippen LogP contribution is -2.24. The van der Waals surface area contributed by atoms with E-state index in [2.05, 4.69) is 18.7 Å². The second-order valence-electron chi connectivity index (χ2n) is 10.6. The average Bonchev–Trinajstić information content (AvgIpc) is 2.64. The van der Waals surface area contributed by atoms with Crippen molar-refractivity contribution < 1.29 is 15.0 Å². The molecule has 3 nitrogen and oxygen atoms in total. The Labute approximate surface area is 185 Å². The summed E-state index contributed by atoms with van der Waals surface area (Å²) in [5, 5.41) is 19.5. The van der Waals surface area contributed by atoms with Gasteiger partial charge in [0, 0.05) is 6.42 Å². The van der Waals surface area contributed by atoms with Crippen LogP contribution < -0.4 is 0 Å². The number of hydrogen-bond acceptors (Lipinski definition) is 3. The first kappa shape index (κ1) is 26.8. The molecule has 0 amide bonds. The Bertz CT molecular complexity index is 572. The number of rotatable bonds is 10. The molecule has 172 valence electrons. The van der Waals surface area contributed by atoms with E-state index < -0.39 is 11.2 Å². The van der Waals surface area contributed by atoms with Gasteiger partial charge in [0.1, 0.15) is 6.29 Å². The molecule has 0 aromatic heterocycles. The minimum Gasteiger partial charge on any atom is -0.390 e. The van der Waals surface area contributed by atoms with Crippen LogP contribution in [-0.4, -0.2) is 27.7 Å². The molecule has 0 aromatic carbocycles. The molecule has 0 fully saturated rings. The van der Waals surface area contributed by atoms with Gasteiger partial charge in [-0.15, -0.1) is 6.58 Å². The summed E-state index contributed by atoms with van der Waals surface area (Å²) >= 11 is 0. The first-order chi connectivity index (χ1) is 14.0. The number of allylic oxidation sites excluding steroid dienone is 5. The van der Waals surface area contributed by atoms with E-state index in [1.807, 2.05) is 33.8 Å². The molecule has 2 unspecified atom stereocenters. The maximum atomic E-state index is 10.2. The zero-order valence-corrected chi connectivity index (χ0v) is 20.0. The molecule has 2 aliphatic carbocycles. The van der Waals surface area contributed by atoms with E-state index in [9.17, 15) is 15.0 Å². The molecule has 0 aliphatic heterocycles. The van der Waals surface area contributed by atoms with Crippen molar-refractivity contribution in [1.29, 1.82) is 0 Å². The zero-order chi connectivity index (χ0) is 22.6. The van der Waals surface area contributed by atoms with E-state index >= 15 is 0 Å². The van der Waals surface area contributed by atoms with Crippen molar-refractivity contribution in [1.82, 2.24) is 0 Å². The third-order valence-corrected chi connectivity index (χ3v) is 6.00. The molecule has 0 spiro atoms. The Morgan fingerprint density at radius 3 is 2.13 bits per heavy atom. The molecule has 0 aromatic rings. The van der Waals surface area contributed by atoms with Crippen LogP contribution in [0.2, 0.25) is 0 Å². The van der Waals surface area contributed by atoms with E-state index in [1.54, 1.807) is 5.57 Å². The largest absolute Gasteiger partial charge is 0.390 e. The van der Waals surface area contributed by atoms with Gasteiger partial charge in [-0.2, -0.15) is 0 Å². The number of aldehydes is 1. The van der Waals surface area contributed by atoms with Crippen molar-refractivity contribution in [2.24, 2.45) is 11.8 Å². The lowest BCUT2D eigenvalue weighted by atomic mass is 9.81. The standard InChI is InChI=1S/C14H24O.C13H22O2/c1-4-5-7-12-8-6-9-13(10-12)11-14(2,3)15;1-13(2,15)10-12-7-5-11(6-8-12)4-3-9-14/h4,8,13,15H,1,5-7,9-11H2,2-3H3;5,9,12,15H,3-4,6-8,10H2,1-2H3. The minimum atomic E-state index is -0.543. The van der Waals surface area contributed by atoms with Gasteiger partial charge in [-0.1, -0.05) is 29.4 Å². The second kappa shape index (κ2) is 13.3. The highest BCUT2D eigenvalue weighted by Crippen LogP contribution is 2.33. The topological polar surface area (TPSA) is 57.5 Å². The van der Waals surface area contributed by atoms with Gasteiger partial charge in [0.2, 0.25) is 0 Å². The predicted molar refractivity (Wildman–Crippen MR) is 127 cm³/mol. The van der Waals surface area contributed by atoms with Gasteiger partial charge in [-0.3, -0.25) is 0 Å². The fourth-order valence-corrected chi connectivity index (χ4v) is 4.76. The normalized spacial score (nSPS) is 22.3. The molecule has 3 heteroatoms. The van der Waals surface area contributed by atoms with E-state index in [1.165, 1.54) is 24.8 Å². The molecule has 2 rings (SSSR count). The molecule has 2 aliphatic rings. The minimum absolute atomic E-state index is 0.508. The summed E-state index contributed by atoms with van der Waals surface area (Å²) in [6.07, 6.45) is 20.2. The van der Waals surface area contributed by atoms with Crippen molar-refractivity contribution in [2.75, 3.05) is 0 Å². The molecule has 0 radical (unpaired) electrons. The molecule has 0 saturated carbocycles. The summed E-state index contributed by atoms with van der Waals surface area (Å²) in [4.78, 5) is 10.2. The molecule has 2 N–H and O–H groups in total. The second-order valence-corrected chi connectivity index (χ2v) is 10.6. The molecular weight excluding hydrogens is 372 g/mol. The third-order valence-electron chi connectivity index (χ3n) is 6.00. The van der Waals surface area contributed by atoms with Crippen LogP contribution in [0, 0.1) is 11.8 Å². The lowest BCUT2D eigenvalue weighted by Gasteiger charge is -2.28. The fourth-order valence-electron chi connectivity index (χ4n) is 4.76. The number of hydrogen-bond donors (Lipinski definition) is 2. The van der Waals surface area contributed by atoms with Crippen LogP contribution in [0.1, 0.15) is 105 Å². The van der Waals surface area contributed by atoms with Crippen molar-refractivity contribution in [3.05, 3.63) is 36.0 Å². The SMILES string of the molecule is C=CCCC1=CCCC(CC(C)(C)O)C1.CC(C)(O)CC1CC=C(CCC=O)CC1. The van der Waals surface area contributed by atoms with Gasteiger partial charge < -0.3 is 15.0 Å². The third kappa shape index (κ3) is 13.2. The van der Waals surface area contributed by atoms with Gasteiger partial charge in [0.05, 0.1) is 11.2 Å². The highest BCUT2D eigenvalue weighted by Gasteiger charge is 2.23. The Hall–Kier alpha value is -1.19. The maximum absolute atomic E-state index is 10.2. The van der Waals surface area contributed by atoms with Crippen LogP contribution in [0.25, 0.3) is 0 Å². The van der Waals surface area contributed by atoms with E-state index in [4.69, 9.17) is 0 Å². The summed E-state index contributed by atoms with van der Waals surface area (Å²) in [6, 6.07) is 0. The highest BCUT2D eigenvalue weighted by molar-refractivity contribution is 5.49. The van der Waals surface area contributed by atoms with Crippen LogP contribution in [0.3, 0.4) is 0 Å². The number of carbonyl (C=O) groups is 1. The molecule has 0 heterocycles. The fraction of sp³-hybridized carbons (Fsp3) is 0.741. The monoisotopic (exact) mass is 418 g/mol. The van der Waals surface area contributed by atoms with E-state index in [-0.39, 0.29) is 0 Å². The number of aliphatic hydroxyl groups is 2. The van der Waals surface area contributed by atoms with Gasteiger partial charge in [0.25, 0.3) is 0 Å². The number of carbonyl (C=O) groups excluding carboxylic acids is 1. The Kier molecular flexibility index (Phi) is 11.9. The summed E-state index contributed by atoms with van der Waals surface area (Å²) in [5.74, 6) is 1.29. The zero-order valence-electron chi connectivity index (χ0n) is 20.0. The van der Waals surface area contributed by atoms with E-state index in [0.29, 0.717) is 18.3 Å². The Balaban J connectivity index is 0.000000300. The van der Waals surface area contributed by atoms with Crippen LogP contribution >= 0.6 is 0 Å². The summed E-state index contributed by atoms with van der Waals surface area (Å²) in [6.45, 7) is 11.3. The van der Waals surface area contributed by atoms with Crippen molar-refractivity contribution >= 4 is 6.29 Å². The summed E-state index contributed by atoms with van der Waals surface area (Å²) in [7, 11) is 0. The van der Waals surface area contributed by atoms with Gasteiger partial charge >= 0.3 is 0 Å². The van der Waals surface area contributed by atoms with Crippen LogP contribution in [0.4, 0.5) is 0 Å². The molecule has 2 atom stereocenters. The molecular formula is C27H46O3. The van der Waals surface area contributed by atoms with Crippen molar-refractivity contribution in [3.8, 4) is 0 Å². The van der Waals surface area contributed by atoms with Crippen LogP contribution in [-0.2, 0) is 4.79 Å². The smallest absolute Gasteiger partial charge is 0.120 e. The molecule has 30 heavy (non-hydrogen) atoms. The molecule has 0 bridgehead atoms. The van der Waals surface area contributed by atoms with Gasteiger partial charge in [-0.05, 0) is 110 Å². The quantitative estimate of drug-likeness (QED) is 0.307. The van der Waals surface area contributed by atoms with Crippen molar-refractivity contribution in [2.45, 2.75) is 116 Å². The Morgan fingerprint density at radius 1 is 0.967 bits per heavy atom. The van der Waals surface area contributed by atoms with Crippen LogP contribution in [0.15, 0.2) is 36.0 Å². The Morgan fingerprint density at radius 2 is 1.60 bits per heavy atom. The maximum Gasteiger partial charge on any atom is 0.120 e. The summed E-state index contributed by atoms with van der Waals surface area (Å²) in [5.41, 5.74) is 1.94. The highest BCUT2D eigenvalue weighted by atomic mass is 16.3. The van der Waals surface area contributed by atoms with Crippen LogP contribution in [0.5, 0.6) is 0 Å². The van der Waals surface area contributed by atoms with Crippen molar-refractivity contribution in [3.63, 3.8) is 0 Å². The van der Waals surface area contributed by atoms with Gasteiger partial charge in [-0.25, -0.2) is 0 Å². The first-order valence-electron chi connectivity index (χ1n) is 11.9. The predicted octanol–water partition coefficient (Wildman–Crippen LogP) is 6.69. The molecule has 0 saturated heterocycles. The summed E-state index contributed by atoms with van der Waals surface area (Å²) < 4.78 is 0. The first-order valence-corrected chi connectivity index (χ1v) is 11.9.